The van der Waals surface area contributed by atoms with Crippen LogP contribution in [0.15, 0.2) is 59.1 Å². The van der Waals surface area contributed by atoms with Crippen LogP contribution in [0.5, 0.6) is 0 Å². The lowest BCUT2D eigenvalue weighted by Crippen LogP contribution is -2.42. The van der Waals surface area contributed by atoms with E-state index in [9.17, 15) is 14.7 Å². The van der Waals surface area contributed by atoms with Gasteiger partial charge in [0.1, 0.15) is 0 Å². The van der Waals surface area contributed by atoms with Crippen LogP contribution in [-0.4, -0.2) is 23.3 Å². The Morgan fingerprint density at radius 1 is 0.970 bits per heavy atom. The van der Waals surface area contributed by atoms with Crippen molar-refractivity contribution in [1.82, 2.24) is 0 Å². The summed E-state index contributed by atoms with van der Waals surface area (Å²) in [6.07, 6.45) is 0.364. The number of hydrogen-bond acceptors (Lipinski definition) is 3. The highest BCUT2D eigenvalue weighted by Gasteiger charge is 2.51. The molecule has 3 aromatic rings. The molecule has 0 spiro atoms. The molecule has 33 heavy (non-hydrogen) atoms. The monoisotopic (exact) mass is 505 g/mol. The highest BCUT2D eigenvalue weighted by molar-refractivity contribution is 9.10. The number of amides is 1. The third-order valence-electron chi connectivity index (χ3n) is 6.82. The fourth-order valence-corrected chi connectivity index (χ4v) is 5.12. The predicted octanol–water partition coefficient (Wildman–Crippen LogP) is 5.73. The minimum Gasteiger partial charge on any atom is -0.375 e. The van der Waals surface area contributed by atoms with E-state index in [1.165, 1.54) is 0 Å². The number of anilines is 1. The van der Waals surface area contributed by atoms with E-state index >= 15 is 0 Å². The van der Waals surface area contributed by atoms with Crippen molar-refractivity contribution in [2.45, 2.75) is 46.1 Å². The van der Waals surface area contributed by atoms with Gasteiger partial charge in [0.25, 0.3) is 5.91 Å². The van der Waals surface area contributed by atoms with Gasteiger partial charge in [0.2, 0.25) is 0 Å². The minimum absolute atomic E-state index is 0.219. The van der Waals surface area contributed by atoms with E-state index < -0.39 is 11.5 Å². The summed E-state index contributed by atoms with van der Waals surface area (Å²) in [5.74, 6) is -0.664. The molecule has 0 aliphatic carbocycles. The van der Waals surface area contributed by atoms with Gasteiger partial charge in [-0.25, -0.2) is 0 Å². The second kappa shape index (κ2) is 8.88. The summed E-state index contributed by atoms with van der Waals surface area (Å²) in [5.41, 5.74) is 4.79. The fraction of sp³-hybridized carbons (Fsp3) is 0.286. The lowest BCUT2D eigenvalue weighted by Gasteiger charge is -2.24. The molecule has 170 valence electrons. The van der Waals surface area contributed by atoms with E-state index in [1.807, 2.05) is 70.2 Å². The molecule has 4 nitrogen and oxygen atoms in total. The van der Waals surface area contributed by atoms with Crippen molar-refractivity contribution in [2.24, 2.45) is 0 Å². The predicted molar refractivity (Wildman–Crippen MR) is 135 cm³/mol. The Bertz CT molecular complexity index is 1230. The molecule has 1 N–H and O–H groups in total. The Hall–Kier alpha value is -2.76. The zero-order valence-electron chi connectivity index (χ0n) is 19.4. The van der Waals surface area contributed by atoms with E-state index in [4.69, 9.17) is 0 Å². The summed E-state index contributed by atoms with van der Waals surface area (Å²) in [6.45, 7) is 8.23. The molecule has 1 aliphatic rings. The second-order valence-electron chi connectivity index (χ2n) is 8.95. The maximum absolute atomic E-state index is 13.6. The Morgan fingerprint density at radius 3 is 2.24 bits per heavy atom. The molecule has 4 rings (SSSR count). The standard InChI is InChI=1S/C28H28BrNO3/c1-17-14-18(2)20(4)26(19(17)3)25(31)16-28(33)23-15-22(29)10-11-24(23)30(27(28)32)13-12-21-8-6-5-7-9-21/h5-11,14-15,33H,12-13,16H2,1-4H3/t28-/m0/s1. The number of carbonyl (C=O) groups excluding carboxylic acids is 2. The summed E-state index contributed by atoms with van der Waals surface area (Å²) < 4.78 is 0.753. The number of ketones is 1. The van der Waals surface area contributed by atoms with Crippen LogP contribution in [0.25, 0.3) is 0 Å². The number of Topliss-reactive ketones (excluding diaryl/α,β-unsaturated/α-hetero) is 1. The van der Waals surface area contributed by atoms with Gasteiger partial charge in [0.15, 0.2) is 11.4 Å². The Kier molecular flexibility index (Phi) is 6.30. The van der Waals surface area contributed by atoms with Crippen LogP contribution >= 0.6 is 15.9 Å². The van der Waals surface area contributed by atoms with Crippen LogP contribution in [-0.2, 0) is 16.8 Å². The van der Waals surface area contributed by atoms with Crippen LogP contribution in [0.2, 0.25) is 0 Å². The molecule has 1 amide bonds. The Balaban J connectivity index is 1.70. The number of aliphatic hydroxyl groups is 1. The summed E-state index contributed by atoms with van der Waals surface area (Å²) >= 11 is 3.46. The number of halogens is 1. The summed E-state index contributed by atoms with van der Waals surface area (Å²) in [5, 5.41) is 11.7. The number of carbonyl (C=O) groups is 2. The molecule has 0 aromatic heterocycles. The molecule has 5 heteroatoms. The number of benzene rings is 3. The molecule has 1 atom stereocenters. The maximum Gasteiger partial charge on any atom is 0.264 e. The van der Waals surface area contributed by atoms with Crippen molar-refractivity contribution >= 4 is 33.3 Å². The largest absolute Gasteiger partial charge is 0.375 e. The van der Waals surface area contributed by atoms with Gasteiger partial charge in [0.05, 0.1) is 12.1 Å². The van der Waals surface area contributed by atoms with Gasteiger partial charge in [-0.15, -0.1) is 0 Å². The molecule has 0 fully saturated rings. The number of hydrogen-bond donors (Lipinski definition) is 1. The summed E-state index contributed by atoms with van der Waals surface area (Å²) in [4.78, 5) is 28.7. The molecule has 0 saturated heterocycles. The van der Waals surface area contributed by atoms with Crippen molar-refractivity contribution in [3.05, 3.63) is 98.0 Å². The Morgan fingerprint density at radius 2 is 1.61 bits per heavy atom. The van der Waals surface area contributed by atoms with Crippen LogP contribution in [0.4, 0.5) is 5.69 Å². The molecule has 0 radical (unpaired) electrons. The second-order valence-corrected chi connectivity index (χ2v) is 9.87. The van der Waals surface area contributed by atoms with Gasteiger partial charge in [-0.1, -0.05) is 52.3 Å². The highest BCUT2D eigenvalue weighted by atomic mass is 79.9. The first-order chi connectivity index (χ1) is 15.6. The van der Waals surface area contributed by atoms with Gasteiger partial charge < -0.3 is 10.0 Å². The van der Waals surface area contributed by atoms with E-state index in [-0.39, 0.29) is 12.2 Å². The average Bonchev–Trinajstić information content (AvgIpc) is 2.98. The number of nitrogens with zero attached hydrogens (tertiary/aromatic N) is 1. The highest BCUT2D eigenvalue weighted by Crippen LogP contribution is 2.44. The summed E-state index contributed by atoms with van der Waals surface area (Å²) in [6, 6.07) is 17.4. The van der Waals surface area contributed by atoms with Gasteiger partial charge in [-0.05, 0) is 80.1 Å². The molecule has 0 unspecified atom stereocenters. The van der Waals surface area contributed by atoms with Crippen molar-refractivity contribution in [3.63, 3.8) is 0 Å². The molecule has 1 heterocycles. The third kappa shape index (κ3) is 4.16. The first-order valence-corrected chi connectivity index (χ1v) is 11.9. The van der Waals surface area contributed by atoms with Crippen molar-refractivity contribution in [3.8, 4) is 0 Å². The van der Waals surface area contributed by atoms with E-state index in [0.29, 0.717) is 29.8 Å². The number of aryl methyl sites for hydroxylation is 2. The molecular weight excluding hydrogens is 478 g/mol. The first-order valence-electron chi connectivity index (χ1n) is 11.1. The molecular formula is C28H28BrNO3. The molecule has 1 aliphatic heterocycles. The average molecular weight is 506 g/mol. The smallest absolute Gasteiger partial charge is 0.264 e. The van der Waals surface area contributed by atoms with Gasteiger partial charge in [-0.2, -0.15) is 0 Å². The molecule has 0 saturated carbocycles. The topological polar surface area (TPSA) is 57.6 Å². The van der Waals surface area contributed by atoms with Crippen molar-refractivity contribution in [2.75, 3.05) is 11.4 Å². The van der Waals surface area contributed by atoms with Gasteiger partial charge in [0, 0.05) is 22.1 Å². The lowest BCUT2D eigenvalue weighted by atomic mass is 9.84. The van der Waals surface area contributed by atoms with Crippen LogP contribution in [0, 0.1) is 27.7 Å². The van der Waals surface area contributed by atoms with Crippen LogP contribution in [0.1, 0.15) is 50.2 Å². The minimum atomic E-state index is -1.90. The number of rotatable bonds is 6. The van der Waals surface area contributed by atoms with E-state index in [2.05, 4.69) is 22.0 Å². The van der Waals surface area contributed by atoms with Crippen LogP contribution < -0.4 is 4.90 Å². The zero-order valence-corrected chi connectivity index (χ0v) is 21.0. The van der Waals surface area contributed by atoms with E-state index in [0.717, 1.165) is 32.3 Å². The maximum atomic E-state index is 13.6. The normalized spacial score (nSPS) is 17.4. The zero-order chi connectivity index (χ0) is 23.9. The quantitative estimate of drug-likeness (QED) is 0.435. The van der Waals surface area contributed by atoms with Crippen molar-refractivity contribution in [1.29, 1.82) is 0 Å². The molecule has 3 aromatic carbocycles. The summed E-state index contributed by atoms with van der Waals surface area (Å²) in [7, 11) is 0. The van der Waals surface area contributed by atoms with Crippen LogP contribution in [0.3, 0.4) is 0 Å². The SMILES string of the molecule is Cc1cc(C)c(C)c(C(=O)C[C@@]2(O)C(=O)N(CCc3ccccc3)c3ccc(Br)cc32)c1C. The molecule has 0 bridgehead atoms. The van der Waals surface area contributed by atoms with Gasteiger partial charge in [-0.3, -0.25) is 9.59 Å². The first kappa shape index (κ1) is 23.4. The van der Waals surface area contributed by atoms with Crippen molar-refractivity contribution < 1.29 is 14.7 Å². The fourth-order valence-electron chi connectivity index (χ4n) is 4.76. The Labute approximate surface area is 203 Å². The lowest BCUT2D eigenvalue weighted by molar-refractivity contribution is -0.135. The van der Waals surface area contributed by atoms with E-state index in [1.54, 1.807) is 11.0 Å². The van der Waals surface area contributed by atoms with Gasteiger partial charge >= 0.3 is 0 Å². The third-order valence-corrected chi connectivity index (χ3v) is 7.32. The number of fused-ring (bicyclic) bond motifs is 1.